The summed E-state index contributed by atoms with van der Waals surface area (Å²) in [5.74, 6) is 0.743. The minimum absolute atomic E-state index is 0.743. The van der Waals surface area contributed by atoms with E-state index in [9.17, 15) is 0 Å². The van der Waals surface area contributed by atoms with Crippen molar-refractivity contribution in [3.8, 4) is 0 Å². The molecule has 86 valence electrons. The van der Waals surface area contributed by atoms with Gasteiger partial charge in [-0.15, -0.1) is 0 Å². The third-order valence-corrected chi connectivity index (χ3v) is 2.57. The monoisotopic (exact) mass is 270 g/mol. The summed E-state index contributed by atoms with van der Waals surface area (Å²) in [6, 6.07) is 0. The lowest BCUT2D eigenvalue weighted by molar-refractivity contribution is 0.601. The number of hydrogen-bond acceptors (Lipinski definition) is 0. The number of rotatable bonds is 6. The van der Waals surface area contributed by atoms with Crippen LogP contribution in [0.25, 0.3) is 0 Å². The molecule has 0 N–H and O–H groups in total. The van der Waals surface area contributed by atoms with Crippen LogP contribution in [0, 0.1) is 5.92 Å². The van der Waals surface area contributed by atoms with Crippen molar-refractivity contribution in [1.29, 1.82) is 0 Å². The second kappa shape index (κ2) is 8.96. The third-order valence-electron chi connectivity index (χ3n) is 2.25. The molecular formula is C14H23Br. The average molecular weight is 271 g/mol. The van der Waals surface area contributed by atoms with E-state index in [1.165, 1.54) is 17.6 Å². The number of allylic oxidation sites excluding steroid dienone is 6. The topological polar surface area (TPSA) is 0 Å². The first-order valence-electron chi connectivity index (χ1n) is 5.59. The van der Waals surface area contributed by atoms with E-state index in [1.807, 2.05) is 0 Å². The van der Waals surface area contributed by atoms with Crippen molar-refractivity contribution in [2.75, 3.05) is 5.33 Å². The molecule has 0 heterocycles. The van der Waals surface area contributed by atoms with Crippen molar-refractivity contribution in [1.82, 2.24) is 0 Å². The van der Waals surface area contributed by atoms with Gasteiger partial charge < -0.3 is 0 Å². The minimum Gasteiger partial charge on any atom is -0.0883 e. The fourth-order valence-corrected chi connectivity index (χ4v) is 1.72. The highest BCUT2D eigenvalue weighted by molar-refractivity contribution is 9.09. The van der Waals surface area contributed by atoms with Gasteiger partial charge in [0.05, 0.1) is 0 Å². The fourth-order valence-electron chi connectivity index (χ4n) is 1.21. The normalized spacial score (nSPS) is 14.3. The summed E-state index contributed by atoms with van der Waals surface area (Å²) in [7, 11) is 0. The first kappa shape index (κ1) is 14.7. The van der Waals surface area contributed by atoms with Gasteiger partial charge in [-0.25, -0.2) is 0 Å². The summed E-state index contributed by atoms with van der Waals surface area (Å²) in [6.45, 7) is 8.75. The maximum Gasteiger partial charge on any atom is 0.0217 e. The summed E-state index contributed by atoms with van der Waals surface area (Å²) in [5.41, 5.74) is 2.75. The molecule has 0 aromatic rings. The van der Waals surface area contributed by atoms with Gasteiger partial charge in [0.25, 0.3) is 0 Å². The summed E-state index contributed by atoms with van der Waals surface area (Å²) in [4.78, 5) is 0. The van der Waals surface area contributed by atoms with E-state index in [2.05, 4.69) is 67.9 Å². The molecule has 0 spiro atoms. The Morgan fingerprint density at radius 1 is 1.13 bits per heavy atom. The molecule has 0 aliphatic carbocycles. The van der Waals surface area contributed by atoms with Crippen molar-refractivity contribution in [2.24, 2.45) is 5.92 Å². The highest BCUT2D eigenvalue weighted by atomic mass is 79.9. The molecule has 0 bridgehead atoms. The van der Waals surface area contributed by atoms with Crippen LogP contribution in [0.5, 0.6) is 0 Å². The van der Waals surface area contributed by atoms with Crippen LogP contribution in [-0.2, 0) is 0 Å². The van der Waals surface area contributed by atoms with Crippen molar-refractivity contribution in [2.45, 2.75) is 40.5 Å². The lowest BCUT2D eigenvalue weighted by atomic mass is 10.0. The lowest BCUT2D eigenvalue weighted by Crippen LogP contribution is -1.90. The van der Waals surface area contributed by atoms with Crippen LogP contribution in [-0.4, -0.2) is 5.33 Å². The van der Waals surface area contributed by atoms with E-state index in [0.717, 1.165) is 17.7 Å². The first-order chi connectivity index (χ1) is 7.06. The van der Waals surface area contributed by atoms with Gasteiger partial charge in [0.1, 0.15) is 0 Å². The summed E-state index contributed by atoms with van der Waals surface area (Å²) < 4.78 is 0. The number of hydrogen-bond donors (Lipinski definition) is 0. The highest BCUT2D eigenvalue weighted by Crippen LogP contribution is 2.11. The van der Waals surface area contributed by atoms with E-state index in [-0.39, 0.29) is 0 Å². The van der Waals surface area contributed by atoms with E-state index in [4.69, 9.17) is 0 Å². The van der Waals surface area contributed by atoms with Gasteiger partial charge in [-0.05, 0) is 39.5 Å². The second-order valence-corrected chi connectivity index (χ2v) is 5.01. The number of alkyl halides is 1. The summed E-state index contributed by atoms with van der Waals surface area (Å²) in [6.07, 6.45) is 11.3. The zero-order valence-corrected chi connectivity index (χ0v) is 12.0. The molecule has 0 fully saturated rings. The Labute approximate surface area is 103 Å². The predicted molar refractivity (Wildman–Crippen MR) is 74.5 cm³/mol. The largest absolute Gasteiger partial charge is 0.0883 e. The molecule has 0 aliphatic rings. The molecule has 0 amide bonds. The second-order valence-electron chi connectivity index (χ2n) is 4.36. The Bertz CT molecular complexity index is 242. The first-order valence-corrected chi connectivity index (χ1v) is 6.71. The molecule has 0 rings (SSSR count). The smallest absolute Gasteiger partial charge is 0.0217 e. The van der Waals surface area contributed by atoms with Crippen molar-refractivity contribution in [3.05, 3.63) is 35.5 Å². The van der Waals surface area contributed by atoms with E-state index < -0.39 is 0 Å². The predicted octanol–water partition coefficient (Wildman–Crippen LogP) is 5.27. The summed E-state index contributed by atoms with van der Waals surface area (Å²) in [5, 5.41) is 0.941. The molecule has 0 saturated carbocycles. The standard InChI is InChI=1S/C14H23Br/c1-12(2)8-9-13(3)6-5-7-14(4)10-11-15/h5,7-8,10,13H,6,9,11H2,1-4H3/b7-5+,14-10+. The molecular weight excluding hydrogens is 248 g/mol. The molecule has 0 nitrogen and oxygen atoms in total. The van der Waals surface area contributed by atoms with Crippen molar-refractivity contribution >= 4 is 15.9 Å². The van der Waals surface area contributed by atoms with Gasteiger partial charge in [0.2, 0.25) is 0 Å². The molecule has 1 unspecified atom stereocenters. The molecule has 0 radical (unpaired) electrons. The Hall–Kier alpha value is -0.300. The Balaban J connectivity index is 3.85. The van der Waals surface area contributed by atoms with Crippen LogP contribution in [0.2, 0.25) is 0 Å². The average Bonchev–Trinajstić information content (AvgIpc) is 2.15. The number of halogens is 1. The van der Waals surface area contributed by atoms with Gasteiger partial charge in [0, 0.05) is 5.33 Å². The van der Waals surface area contributed by atoms with Gasteiger partial charge in [-0.1, -0.05) is 58.3 Å². The third kappa shape index (κ3) is 9.99. The molecule has 1 heteroatoms. The van der Waals surface area contributed by atoms with Crippen LogP contribution < -0.4 is 0 Å². The van der Waals surface area contributed by atoms with Crippen molar-refractivity contribution < 1.29 is 0 Å². The SMILES string of the molecule is CC(C)=CCC(C)C/C=C/C(C)=C/CBr. The maximum atomic E-state index is 3.39. The Morgan fingerprint density at radius 3 is 2.33 bits per heavy atom. The lowest BCUT2D eigenvalue weighted by Gasteiger charge is -2.04. The van der Waals surface area contributed by atoms with Crippen LogP contribution in [0.1, 0.15) is 40.5 Å². The van der Waals surface area contributed by atoms with Gasteiger partial charge in [0.15, 0.2) is 0 Å². The zero-order chi connectivity index (χ0) is 11.7. The minimum atomic E-state index is 0.743. The maximum absolute atomic E-state index is 3.39. The molecule has 0 aromatic heterocycles. The summed E-state index contributed by atoms with van der Waals surface area (Å²) >= 11 is 3.39. The van der Waals surface area contributed by atoms with Crippen LogP contribution in [0.15, 0.2) is 35.5 Å². The van der Waals surface area contributed by atoms with E-state index in [0.29, 0.717) is 0 Å². The van der Waals surface area contributed by atoms with Crippen LogP contribution in [0.3, 0.4) is 0 Å². The van der Waals surface area contributed by atoms with Crippen molar-refractivity contribution in [3.63, 3.8) is 0 Å². The Morgan fingerprint density at radius 2 is 1.80 bits per heavy atom. The van der Waals surface area contributed by atoms with E-state index in [1.54, 1.807) is 0 Å². The van der Waals surface area contributed by atoms with E-state index >= 15 is 0 Å². The fraction of sp³-hybridized carbons (Fsp3) is 0.571. The molecule has 0 aromatic carbocycles. The molecule has 1 atom stereocenters. The Kier molecular flexibility index (Phi) is 8.79. The van der Waals surface area contributed by atoms with Gasteiger partial charge >= 0.3 is 0 Å². The van der Waals surface area contributed by atoms with Crippen LogP contribution >= 0.6 is 15.9 Å². The molecule has 15 heavy (non-hydrogen) atoms. The molecule has 0 aliphatic heterocycles. The van der Waals surface area contributed by atoms with Crippen LogP contribution in [0.4, 0.5) is 0 Å². The van der Waals surface area contributed by atoms with Gasteiger partial charge in [-0.2, -0.15) is 0 Å². The molecule has 0 saturated heterocycles. The highest BCUT2D eigenvalue weighted by Gasteiger charge is 1.96. The quantitative estimate of drug-likeness (QED) is 0.351. The van der Waals surface area contributed by atoms with Gasteiger partial charge in [-0.3, -0.25) is 0 Å². The zero-order valence-electron chi connectivity index (χ0n) is 10.4.